The lowest BCUT2D eigenvalue weighted by Gasteiger charge is -2.09. The summed E-state index contributed by atoms with van der Waals surface area (Å²) in [4.78, 5) is 11.5. The Hall–Kier alpha value is -2.49. The van der Waals surface area contributed by atoms with Crippen LogP contribution in [-0.2, 0) is 21.3 Å². The Bertz CT molecular complexity index is 810. The van der Waals surface area contributed by atoms with Crippen molar-refractivity contribution in [1.29, 1.82) is 5.26 Å². The van der Waals surface area contributed by atoms with Crippen LogP contribution in [0.25, 0.3) is 11.1 Å². The second-order valence-electron chi connectivity index (χ2n) is 5.63. The van der Waals surface area contributed by atoms with Crippen molar-refractivity contribution in [3.63, 3.8) is 0 Å². The number of benzene rings is 2. The second kappa shape index (κ2) is 9.11. The first kappa shape index (κ1) is 18.8. The molecule has 0 fully saturated rings. The first-order chi connectivity index (χ1) is 12.0. The van der Waals surface area contributed by atoms with Gasteiger partial charge in [0.1, 0.15) is 5.75 Å². The van der Waals surface area contributed by atoms with Crippen molar-refractivity contribution in [2.45, 2.75) is 12.7 Å². The molecular weight excluding hydrogens is 336 g/mol. The summed E-state index contributed by atoms with van der Waals surface area (Å²) in [6.07, 6.45) is 0. The molecule has 0 saturated heterocycles. The zero-order valence-corrected chi connectivity index (χ0v) is 14.8. The van der Waals surface area contributed by atoms with Gasteiger partial charge < -0.3 is 10.4 Å². The molecule has 2 aromatic rings. The summed E-state index contributed by atoms with van der Waals surface area (Å²) in [5.41, 5.74) is 4.60. The maximum Gasteiger partial charge on any atom is 0.232 e. The molecule has 1 unspecified atom stereocenters. The van der Waals surface area contributed by atoms with E-state index in [1.54, 1.807) is 12.1 Å². The second-order valence-corrected chi connectivity index (χ2v) is 7.09. The van der Waals surface area contributed by atoms with Gasteiger partial charge in [-0.3, -0.25) is 9.00 Å². The summed E-state index contributed by atoms with van der Waals surface area (Å²) in [5.74, 6) is -0.0812. The number of aliphatic hydroxyl groups is 1. The highest BCUT2D eigenvalue weighted by molar-refractivity contribution is 7.84. The molecule has 25 heavy (non-hydrogen) atoms. The lowest BCUT2D eigenvalue weighted by atomic mass is 10.00. The average molecular weight is 356 g/mol. The molecule has 5 nitrogen and oxygen atoms in total. The van der Waals surface area contributed by atoms with Gasteiger partial charge in [-0.25, -0.2) is 0 Å². The van der Waals surface area contributed by atoms with Gasteiger partial charge in [0.15, 0.2) is 0 Å². The lowest BCUT2D eigenvalue weighted by Crippen LogP contribution is -2.30. The highest BCUT2D eigenvalue weighted by Crippen LogP contribution is 2.23. The minimum Gasteiger partial charge on any atom is -0.395 e. The molecule has 6 heteroatoms. The number of carbonyl (C=O) groups is 1. The molecule has 0 radical (unpaired) electrons. The Morgan fingerprint density at radius 3 is 2.48 bits per heavy atom. The summed E-state index contributed by atoms with van der Waals surface area (Å²) < 4.78 is 12.1. The molecule has 0 saturated carbocycles. The third-order valence-electron chi connectivity index (χ3n) is 3.73. The molecule has 0 aliphatic rings. The quantitative estimate of drug-likeness (QED) is 0.793. The van der Waals surface area contributed by atoms with Gasteiger partial charge in [-0.15, -0.1) is 0 Å². The number of hydrogen-bond donors (Lipinski definition) is 2. The number of rotatable bonds is 7. The van der Waals surface area contributed by atoms with Gasteiger partial charge in [-0.1, -0.05) is 30.3 Å². The number of aryl methyl sites for hydroxylation is 1. The maximum absolute atomic E-state index is 12.1. The van der Waals surface area contributed by atoms with Gasteiger partial charge >= 0.3 is 0 Å². The van der Waals surface area contributed by atoms with Crippen LogP contribution in [0.15, 0.2) is 42.5 Å². The molecule has 0 bridgehead atoms. The predicted octanol–water partition coefficient (Wildman–Crippen LogP) is 1.89. The Labute approximate surface area is 149 Å². The van der Waals surface area contributed by atoms with E-state index >= 15 is 0 Å². The van der Waals surface area contributed by atoms with Crippen molar-refractivity contribution in [2.24, 2.45) is 0 Å². The molecule has 1 atom stereocenters. The van der Waals surface area contributed by atoms with Crippen LogP contribution in [0.3, 0.4) is 0 Å². The molecule has 2 rings (SSSR count). The summed E-state index contributed by atoms with van der Waals surface area (Å²) in [7, 11) is -1.30. The van der Waals surface area contributed by atoms with Crippen LogP contribution < -0.4 is 5.32 Å². The van der Waals surface area contributed by atoms with Crippen molar-refractivity contribution in [3.8, 4) is 17.2 Å². The number of nitrogens with one attached hydrogen (secondary N) is 1. The van der Waals surface area contributed by atoms with Gasteiger partial charge in [0.25, 0.3) is 0 Å². The molecular formula is C19H20N2O3S. The summed E-state index contributed by atoms with van der Waals surface area (Å²) >= 11 is 0. The van der Waals surface area contributed by atoms with E-state index in [0.717, 1.165) is 22.3 Å². The SMILES string of the molecule is Cc1cc(-c2ccc(C#N)cc2)ccc1CS(=O)CC(=O)NCCO. The Morgan fingerprint density at radius 2 is 1.88 bits per heavy atom. The molecule has 0 aromatic heterocycles. The normalized spacial score (nSPS) is 11.6. The highest BCUT2D eigenvalue weighted by atomic mass is 32.2. The van der Waals surface area contributed by atoms with E-state index in [1.807, 2.05) is 37.3 Å². The van der Waals surface area contributed by atoms with Gasteiger partial charge in [0, 0.05) is 23.1 Å². The number of carbonyl (C=O) groups excluding carboxylic acids is 1. The molecule has 130 valence electrons. The molecule has 0 aliphatic carbocycles. The fourth-order valence-electron chi connectivity index (χ4n) is 2.39. The van der Waals surface area contributed by atoms with Gasteiger partial charge in [-0.05, 0) is 41.3 Å². The van der Waals surface area contributed by atoms with Crippen LogP contribution in [-0.4, -0.2) is 34.1 Å². The van der Waals surface area contributed by atoms with Crippen molar-refractivity contribution in [2.75, 3.05) is 18.9 Å². The summed E-state index contributed by atoms with van der Waals surface area (Å²) in [6, 6.07) is 15.3. The van der Waals surface area contributed by atoms with Gasteiger partial charge in [-0.2, -0.15) is 5.26 Å². The fourth-order valence-corrected chi connectivity index (χ4v) is 3.56. The van der Waals surface area contributed by atoms with Crippen LogP contribution in [0.1, 0.15) is 16.7 Å². The topological polar surface area (TPSA) is 90.2 Å². The molecule has 1 amide bonds. The maximum atomic E-state index is 12.1. The van der Waals surface area contributed by atoms with Crippen molar-refractivity contribution in [1.82, 2.24) is 5.32 Å². The predicted molar refractivity (Wildman–Crippen MR) is 98.1 cm³/mol. The first-order valence-electron chi connectivity index (χ1n) is 7.86. The summed E-state index contributed by atoms with van der Waals surface area (Å²) in [5, 5.41) is 20.0. The van der Waals surface area contributed by atoms with E-state index < -0.39 is 10.8 Å². The monoisotopic (exact) mass is 356 g/mol. The van der Waals surface area contributed by atoms with E-state index in [0.29, 0.717) is 11.3 Å². The van der Waals surface area contributed by atoms with Crippen molar-refractivity contribution >= 4 is 16.7 Å². The number of amides is 1. The number of nitriles is 1. The number of nitrogens with zero attached hydrogens (tertiary/aromatic N) is 1. The zero-order chi connectivity index (χ0) is 18.2. The van der Waals surface area contributed by atoms with Crippen molar-refractivity contribution in [3.05, 3.63) is 59.2 Å². The zero-order valence-electron chi connectivity index (χ0n) is 14.0. The minimum atomic E-state index is -1.30. The van der Waals surface area contributed by atoms with Crippen LogP contribution in [0.5, 0.6) is 0 Å². The van der Waals surface area contributed by atoms with E-state index in [2.05, 4.69) is 11.4 Å². The van der Waals surface area contributed by atoms with E-state index in [9.17, 15) is 9.00 Å². The van der Waals surface area contributed by atoms with Crippen LogP contribution in [0, 0.1) is 18.3 Å². The van der Waals surface area contributed by atoms with Gasteiger partial charge in [0.05, 0.1) is 18.2 Å². The van der Waals surface area contributed by atoms with Crippen LogP contribution in [0.4, 0.5) is 0 Å². The molecule has 2 N–H and O–H groups in total. The molecule has 0 heterocycles. The first-order valence-corrected chi connectivity index (χ1v) is 9.35. The minimum absolute atomic E-state index is 0.0726. The number of hydrogen-bond acceptors (Lipinski definition) is 4. The van der Waals surface area contributed by atoms with E-state index in [1.165, 1.54) is 0 Å². The standard InChI is InChI=1S/C19H20N2O3S/c1-14-10-17(16-4-2-15(11-20)3-5-16)6-7-18(14)12-25(24)13-19(23)21-8-9-22/h2-7,10,22H,8-9,12-13H2,1H3,(H,21,23). The Kier molecular flexibility index (Phi) is 6.87. The largest absolute Gasteiger partial charge is 0.395 e. The number of aliphatic hydroxyl groups excluding tert-OH is 1. The molecule has 2 aromatic carbocycles. The smallest absolute Gasteiger partial charge is 0.232 e. The fraction of sp³-hybridized carbons (Fsp3) is 0.263. The van der Waals surface area contributed by atoms with E-state index in [-0.39, 0.29) is 24.8 Å². The summed E-state index contributed by atoms with van der Waals surface area (Å²) in [6.45, 7) is 1.99. The van der Waals surface area contributed by atoms with Gasteiger partial charge in [0.2, 0.25) is 5.91 Å². The highest BCUT2D eigenvalue weighted by Gasteiger charge is 2.10. The van der Waals surface area contributed by atoms with Crippen LogP contribution in [0.2, 0.25) is 0 Å². The lowest BCUT2D eigenvalue weighted by molar-refractivity contribution is -0.118. The Morgan fingerprint density at radius 1 is 1.20 bits per heavy atom. The molecule has 0 spiro atoms. The third kappa shape index (κ3) is 5.52. The third-order valence-corrected chi connectivity index (χ3v) is 4.95. The van der Waals surface area contributed by atoms with Crippen molar-refractivity contribution < 1.29 is 14.1 Å². The average Bonchev–Trinajstić information content (AvgIpc) is 2.61. The molecule has 0 aliphatic heterocycles. The van der Waals surface area contributed by atoms with E-state index in [4.69, 9.17) is 10.4 Å². The van der Waals surface area contributed by atoms with Crippen LogP contribution >= 0.6 is 0 Å². The Balaban J connectivity index is 2.05.